The zero-order valence-electron chi connectivity index (χ0n) is 46.0. The van der Waals surface area contributed by atoms with Crippen LogP contribution in [0.25, 0.3) is 11.4 Å². The Kier molecular flexibility index (Phi) is 19.4. The lowest BCUT2D eigenvalue weighted by Gasteiger charge is -2.29. The fourth-order valence-electron chi connectivity index (χ4n) is 9.02. The summed E-state index contributed by atoms with van der Waals surface area (Å²) in [5.74, 6) is 9.66. The molecule has 0 unspecified atom stereocenters. The molecule has 10 rings (SSSR count). The molecular weight excluding hydrogens is 1100 g/mol. The summed E-state index contributed by atoms with van der Waals surface area (Å²) in [7, 11) is 3.76. The number of methoxy groups -OCH3 is 1. The lowest BCUT2D eigenvalue weighted by molar-refractivity contribution is 0.101. The van der Waals surface area contributed by atoms with Crippen LogP contribution in [0.4, 0.5) is 40.6 Å². The van der Waals surface area contributed by atoms with Gasteiger partial charge in [-0.15, -0.1) is 0 Å². The highest BCUT2D eigenvalue weighted by Crippen LogP contribution is 2.33. The summed E-state index contributed by atoms with van der Waals surface area (Å²) in [6, 6.07) is 23.4. The summed E-state index contributed by atoms with van der Waals surface area (Å²) in [5, 5.41) is 12.9. The number of nitrogens with one attached hydrogen (secondary N) is 2. The number of carbonyl (C=O) groups is 2. The van der Waals surface area contributed by atoms with E-state index in [2.05, 4.69) is 71.3 Å². The van der Waals surface area contributed by atoms with Crippen LogP contribution in [0.2, 0.25) is 0 Å². The van der Waals surface area contributed by atoms with Crippen LogP contribution < -0.4 is 42.7 Å². The molecular formula is C62H56F4N12O7. The average Bonchev–Trinajstić information content (AvgIpc) is 3.49. The first-order valence-electron chi connectivity index (χ1n) is 26.8. The molecule has 2 amide bonds. The zero-order valence-corrected chi connectivity index (χ0v) is 46.0. The first kappa shape index (κ1) is 59.4. The van der Waals surface area contributed by atoms with E-state index in [0.717, 1.165) is 79.9 Å². The zero-order chi connectivity index (χ0) is 60.0. The monoisotopic (exact) mass is 1160 g/mol. The SMILES string of the molecule is CN1CCC(C#Cc2c(Oc3ccc(NC(=O)c4ccnn(-c5ccc(F)cc5)c4=O)cc3F)ccnc2N)CC1.COCCN1CCC(C#Cc2c(Oc3ccc(NC(=O)c4ccnn(-c5ccc(F)cc5)c4=O)cc3F)ccnc2N)CC1. The number of rotatable bonds is 13. The van der Waals surface area contributed by atoms with Crippen LogP contribution in [-0.4, -0.2) is 105 Å². The molecule has 8 aromatic rings. The predicted molar refractivity (Wildman–Crippen MR) is 311 cm³/mol. The van der Waals surface area contributed by atoms with Gasteiger partial charge in [0.05, 0.1) is 18.0 Å². The molecule has 0 bridgehead atoms. The lowest BCUT2D eigenvalue weighted by Crippen LogP contribution is -2.35. The molecule has 2 saturated heterocycles. The third-order valence-electron chi connectivity index (χ3n) is 13.7. The van der Waals surface area contributed by atoms with Crippen LogP contribution in [0.1, 0.15) is 57.5 Å². The summed E-state index contributed by atoms with van der Waals surface area (Å²) in [5.41, 5.74) is 11.7. The van der Waals surface area contributed by atoms with Crippen LogP contribution in [0.3, 0.4) is 0 Å². The van der Waals surface area contributed by atoms with Crippen LogP contribution in [-0.2, 0) is 4.74 Å². The smallest absolute Gasteiger partial charge is 0.284 e. The normalized spacial score (nSPS) is 13.7. The number of pyridine rings is 2. The summed E-state index contributed by atoms with van der Waals surface area (Å²) in [4.78, 5) is 64.3. The molecule has 0 spiro atoms. The number of aromatic nitrogens is 6. The van der Waals surface area contributed by atoms with Crippen LogP contribution in [0.5, 0.6) is 23.0 Å². The minimum atomic E-state index is -0.773. The van der Waals surface area contributed by atoms with Crippen molar-refractivity contribution in [1.82, 2.24) is 39.3 Å². The van der Waals surface area contributed by atoms with Crippen molar-refractivity contribution in [2.45, 2.75) is 25.7 Å². The fraction of sp³-hybridized carbons (Fsp3) is 0.226. The molecule has 23 heteroatoms. The molecule has 0 aliphatic carbocycles. The van der Waals surface area contributed by atoms with Gasteiger partial charge in [0.2, 0.25) is 0 Å². The van der Waals surface area contributed by atoms with E-state index in [-0.39, 0.29) is 80.3 Å². The molecule has 4 aromatic carbocycles. The molecule has 6 N–H and O–H groups in total. The molecule has 0 atom stereocenters. The Morgan fingerprint density at radius 2 is 1.00 bits per heavy atom. The molecule has 0 radical (unpaired) electrons. The molecule has 2 aliphatic rings. The minimum Gasteiger partial charge on any atom is -0.453 e. The van der Waals surface area contributed by atoms with Gasteiger partial charge in [-0.2, -0.15) is 19.6 Å². The van der Waals surface area contributed by atoms with Crippen LogP contribution in [0, 0.1) is 58.8 Å². The van der Waals surface area contributed by atoms with Crippen molar-refractivity contribution in [2.24, 2.45) is 11.8 Å². The van der Waals surface area contributed by atoms with E-state index >= 15 is 8.78 Å². The number of likely N-dealkylation sites (tertiary alicyclic amines) is 2. The maximum atomic E-state index is 15.1. The Hall–Kier alpha value is -10.2. The Bertz CT molecular complexity index is 3980. The Labute approximate surface area is 485 Å². The average molecular weight is 1160 g/mol. The summed E-state index contributed by atoms with van der Waals surface area (Å²) >= 11 is 0. The van der Waals surface area contributed by atoms with E-state index in [1.54, 1.807) is 19.2 Å². The molecule has 85 heavy (non-hydrogen) atoms. The van der Waals surface area contributed by atoms with E-state index < -0.39 is 46.2 Å². The van der Waals surface area contributed by atoms with Crippen molar-refractivity contribution in [2.75, 3.05) is 75.6 Å². The first-order valence-corrected chi connectivity index (χ1v) is 26.8. The second-order valence-electron chi connectivity index (χ2n) is 19.6. The van der Waals surface area contributed by atoms with Gasteiger partial charge in [-0.25, -0.2) is 27.5 Å². The number of nitrogens with zero attached hydrogens (tertiary/aromatic N) is 8. The maximum absolute atomic E-state index is 15.1. The Morgan fingerprint density at radius 1 is 0.576 bits per heavy atom. The molecule has 2 aliphatic heterocycles. The highest BCUT2D eigenvalue weighted by molar-refractivity contribution is 6.04. The molecule has 6 heterocycles. The highest BCUT2D eigenvalue weighted by Gasteiger charge is 2.22. The number of halogens is 4. The number of nitrogen functional groups attached to an aromatic ring is 2. The second kappa shape index (κ2) is 27.7. The third kappa shape index (κ3) is 15.3. The van der Waals surface area contributed by atoms with E-state index in [0.29, 0.717) is 17.7 Å². The fourth-order valence-corrected chi connectivity index (χ4v) is 9.02. The second-order valence-corrected chi connectivity index (χ2v) is 19.6. The third-order valence-corrected chi connectivity index (χ3v) is 13.7. The van der Waals surface area contributed by atoms with Crippen LogP contribution >= 0.6 is 0 Å². The summed E-state index contributed by atoms with van der Waals surface area (Å²) < 4.78 is 75.5. The van der Waals surface area contributed by atoms with E-state index in [4.69, 9.17) is 25.7 Å². The van der Waals surface area contributed by atoms with Gasteiger partial charge in [0.15, 0.2) is 23.1 Å². The van der Waals surface area contributed by atoms with E-state index in [9.17, 15) is 28.0 Å². The van der Waals surface area contributed by atoms with Gasteiger partial charge in [-0.1, -0.05) is 23.7 Å². The van der Waals surface area contributed by atoms with Gasteiger partial charge < -0.3 is 46.1 Å². The number of ether oxygens (including phenoxy) is 3. The molecule has 0 saturated carbocycles. The Morgan fingerprint density at radius 3 is 1.41 bits per heavy atom. The summed E-state index contributed by atoms with van der Waals surface area (Å²) in [6.07, 6.45) is 9.15. The topological polar surface area (TPSA) is 240 Å². The molecule has 434 valence electrons. The number of amides is 2. The number of carbonyl (C=O) groups excluding carboxylic acids is 2. The van der Waals surface area contributed by atoms with Gasteiger partial charge >= 0.3 is 0 Å². The molecule has 4 aromatic heterocycles. The van der Waals surface area contributed by atoms with E-state index in [1.807, 2.05) is 0 Å². The van der Waals surface area contributed by atoms with Crippen molar-refractivity contribution in [3.05, 3.63) is 200 Å². The number of anilines is 4. The lowest BCUT2D eigenvalue weighted by atomic mass is 9.97. The number of hydrogen-bond donors (Lipinski definition) is 4. The Balaban J connectivity index is 0.000000204. The largest absolute Gasteiger partial charge is 0.453 e. The number of hydrogen-bond acceptors (Lipinski definition) is 15. The van der Waals surface area contributed by atoms with Gasteiger partial charge in [0.25, 0.3) is 22.9 Å². The minimum absolute atomic E-state index is 0.0930. The number of piperidine rings is 2. The highest BCUT2D eigenvalue weighted by atomic mass is 19.1. The van der Waals surface area contributed by atoms with Crippen molar-refractivity contribution >= 4 is 34.8 Å². The van der Waals surface area contributed by atoms with Gasteiger partial charge in [0.1, 0.15) is 57.0 Å². The van der Waals surface area contributed by atoms with Crippen molar-refractivity contribution < 1.29 is 41.4 Å². The standard InChI is InChI=1S/C32H30F2N6O4.C30H26F2N6O3/c1-43-19-18-39-16-12-21(13-17-39)2-8-25-28(11-14-36-30(25)35)44-29-9-5-23(20-27(29)34)38-31(41)26-10-15-37-40(32(26)42)24-6-3-22(33)4-7-24;1-37-16-12-19(13-17-37)2-8-23-26(11-14-34-28(23)33)41-27-9-5-21(18-25(27)32)36-29(39)24-10-15-35-38(30(24)40)22-6-3-20(31)4-7-22/h3-7,9-11,14-15,20-21H,12-13,16-19H2,1H3,(H2,35,36)(H,38,41);3-7,9-11,14-15,18-19H,12-13,16-17H2,1H3,(H2,33,34)(H,36,39). The van der Waals surface area contributed by atoms with Gasteiger partial charge in [-0.05, 0) is 144 Å². The van der Waals surface area contributed by atoms with Crippen molar-refractivity contribution in [1.29, 1.82) is 0 Å². The predicted octanol–water partition coefficient (Wildman–Crippen LogP) is 8.47. The number of benzene rings is 4. The van der Waals surface area contributed by atoms with Crippen molar-refractivity contribution in [3.63, 3.8) is 0 Å². The van der Waals surface area contributed by atoms with Gasteiger partial charge in [-0.3, -0.25) is 19.2 Å². The van der Waals surface area contributed by atoms with Gasteiger partial charge in [0, 0.05) is 85.9 Å². The number of nitrogens with two attached hydrogens (primary N) is 2. The first-order chi connectivity index (χ1) is 41.1. The van der Waals surface area contributed by atoms with Crippen molar-refractivity contribution in [3.8, 4) is 58.1 Å². The quantitative estimate of drug-likeness (QED) is 0.0625. The summed E-state index contributed by atoms with van der Waals surface area (Å²) in [6.45, 7) is 5.36. The van der Waals surface area contributed by atoms with E-state index in [1.165, 1.54) is 110 Å². The molecule has 2 fully saturated rings. The van der Waals surface area contributed by atoms with Crippen LogP contribution in [0.15, 0.2) is 144 Å². The maximum Gasteiger partial charge on any atom is 0.284 e. The molecule has 19 nitrogen and oxygen atoms in total.